The summed E-state index contributed by atoms with van der Waals surface area (Å²) in [6, 6.07) is 10.2. The molecule has 0 saturated carbocycles. The van der Waals surface area contributed by atoms with Gasteiger partial charge in [0.25, 0.3) is 11.8 Å². The standard InChI is InChI=1S/C16H9Br3N2O3/c17-9-1-3-11(4-2-9)21-16(24)12(15(23)20-21)6-8-5-10(18)7-13(19)14(8)22/h1-7,22H,(H,20,23). The summed E-state index contributed by atoms with van der Waals surface area (Å²) in [4.78, 5) is 24.7. The van der Waals surface area contributed by atoms with E-state index in [2.05, 4.69) is 53.2 Å². The van der Waals surface area contributed by atoms with Crippen LogP contribution in [-0.2, 0) is 9.59 Å². The Morgan fingerprint density at radius 1 is 1.00 bits per heavy atom. The second kappa shape index (κ2) is 6.70. The largest absolute Gasteiger partial charge is 0.506 e. The van der Waals surface area contributed by atoms with Gasteiger partial charge in [-0.2, -0.15) is 0 Å². The van der Waals surface area contributed by atoms with Crippen LogP contribution in [0, 0.1) is 0 Å². The summed E-state index contributed by atoms with van der Waals surface area (Å²) < 4.78 is 2.03. The van der Waals surface area contributed by atoms with Crippen molar-refractivity contribution >= 4 is 71.4 Å². The number of phenols is 1. The Hall–Kier alpha value is -1.64. The molecule has 2 aromatic rings. The summed E-state index contributed by atoms with van der Waals surface area (Å²) in [7, 11) is 0. The third-order valence-electron chi connectivity index (χ3n) is 3.33. The van der Waals surface area contributed by atoms with Gasteiger partial charge in [-0.1, -0.05) is 31.9 Å². The second-order valence-corrected chi connectivity index (χ2v) is 7.63. The summed E-state index contributed by atoms with van der Waals surface area (Å²) in [6.07, 6.45) is 1.36. The SMILES string of the molecule is O=C1NN(c2ccc(Br)cc2)C(=O)C1=Cc1cc(Br)cc(Br)c1O. The molecule has 0 unspecified atom stereocenters. The minimum Gasteiger partial charge on any atom is -0.506 e. The highest BCUT2D eigenvalue weighted by molar-refractivity contribution is 9.11. The predicted octanol–water partition coefficient (Wildman–Crippen LogP) is 4.14. The summed E-state index contributed by atoms with van der Waals surface area (Å²) in [5.41, 5.74) is 3.35. The number of amides is 2. The lowest BCUT2D eigenvalue weighted by Gasteiger charge is -2.14. The lowest BCUT2D eigenvalue weighted by Crippen LogP contribution is -2.35. The Kier molecular flexibility index (Phi) is 4.80. The van der Waals surface area contributed by atoms with Crippen LogP contribution in [0.25, 0.3) is 6.08 Å². The molecule has 3 rings (SSSR count). The number of rotatable bonds is 2. The highest BCUT2D eigenvalue weighted by Crippen LogP contribution is 2.34. The van der Waals surface area contributed by atoms with Crippen LogP contribution in [0.3, 0.4) is 0 Å². The van der Waals surface area contributed by atoms with Gasteiger partial charge < -0.3 is 5.11 Å². The first-order valence-electron chi connectivity index (χ1n) is 6.67. The van der Waals surface area contributed by atoms with E-state index in [0.29, 0.717) is 20.2 Å². The number of nitrogens with zero attached hydrogens (tertiary/aromatic N) is 1. The molecule has 1 heterocycles. The quantitative estimate of drug-likeness (QED) is 0.465. The highest BCUT2D eigenvalue weighted by Gasteiger charge is 2.34. The van der Waals surface area contributed by atoms with Crippen LogP contribution in [0.2, 0.25) is 0 Å². The fourth-order valence-corrected chi connectivity index (χ4v) is 3.70. The fraction of sp³-hybridized carbons (Fsp3) is 0. The number of anilines is 1. The first-order valence-corrected chi connectivity index (χ1v) is 9.05. The second-order valence-electron chi connectivity index (χ2n) is 4.94. The molecule has 0 atom stereocenters. The molecular weight excluding hydrogens is 508 g/mol. The van der Waals surface area contributed by atoms with Gasteiger partial charge in [0, 0.05) is 14.5 Å². The molecule has 5 nitrogen and oxygen atoms in total. The van der Waals surface area contributed by atoms with E-state index >= 15 is 0 Å². The molecule has 2 aromatic carbocycles. The lowest BCUT2D eigenvalue weighted by molar-refractivity contribution is -0.117. The zero-order chi connectivity index (χ0) is 17.4. The van der Waals surface area contributed by atoms with Crippen molar-refractivity contribution < 1.29 is 14.7 Å². The Morgan fingerprint density at radius 3 is 2.33 bits per heavy atom. The molecule has 2 N–H and O–H groups in total. The first kappa shape index (κ1) is 17.2. The summed E-state index contributed by atoms with van der Waals surface area (Å²) in [5, 5.41) is 11.3. The molecule has 1 saturated heterocycles. The number of hydrogen-bond donors (Lipinski definition) is 2. The maximum Gasteiger partial charge on any atom is 0.282 e. The van der Waals surface area contributed by atoms with Crippen molar-refractivity contribution in [3.63, 3.8) is 0 Å². The van der Waals surface area contributed by atoms with Crippen LogP contribution in [0.4, 0.5) is 5.69 Å². The summed E-state index contributed by atoms with van der Waals surface area (Å²) >= 11 is 9.85. The van der Waals surface area contributed by atoms with Crippen LogP contribution in [0.15, 0.2) is 55.4 Å². The molecule has 1 aliphatic heterocycles. The molecule has 0 spiro atoms. The van der Waals surface area contributed by atoms with Crippen molar-refractivity contribution in [2.75, 3.05) is 5.01 Å². The van der Waals surface area contributed by atoms with Gasteiger partial charge in [-0.3, -0.25) is 15.0 Å². The van der Waals surface area contributed by atoms with E-state index in [0.717, 1.165) is 4.47 Å². The third kappa shape index (κ3) is 3.26. The molecule has 1 fully saturated rings. The van der Waals surface area contributed by atoms with Crippen molar-refractivity contribution in [1.29, 1.82) is 0 Å². The highest BCUT2D eigenvalue weighted by atomic mass is 79.9. The molecule has 2 amide bonds. The van der Waals surface area contributed by atoms with Crippen LogP contribution >= 0.6 is 47.8 Å². The van der Waals surface area contributed by atoms with E-state index in [1.807, 2.05) is 0 Å². The van der Waals surface area contributed by atoms with Gasteiger partial charge in [0.05, 0.1) is 10.2 Å². The molecule has 0 aromatic heterocycles. The number of benzene rings is 2. The number of halogens is 3. The maximum absolute atomic E-state index is 12.5. The summed E-state index contributed by atoms with van der Waals surface area (Å²) in [6.45, 7) is 0. The lowest BCUT2D eigenvalue weighted by atomic mass is 10.1. The third-order valence-corrected chi connectivity index (χ3v) is 4.92. The Morgan fingerprint density at radius 2 is 1.67 bits per heavy atom. The van der Waals surface area contributed by atoms with Crippen molar-refractivity contribution in [2.45, 2.75) is 0 Å². The van der Waals surface area contributed by atoms with Crippen molar-refractivity contribution in [3.05, 3.63) is 61.0 Å². The number of carbonyl (C=O) groups is 2. The molecule has 0 radical (unpaired) electrons. The number of aromatic hydroxyl groups is 1. The number of hydrogen-bond acceptors (Lipinski definition) is 3. The van der Waals surface area contributed by atoms with Gasteiger partial charge in [-0.15, -0.1) is 0 Å². The molecule has 0 bridgehead atoms. The van der Waals surface area contributed by atoms with Gasteiger partial charge in [-0.05, 0) is 58.4 Å². The van der Waals surface area contributed by atoms with E-state index in [1.54, 1.807) is 36.4 Å². The molecule has 24 heavy (non-hydrogen) atoms. The Balaban J connectivity index is 1.99. The average molecular weight is 517 g/mol. The zero-order valence-electron chi connectivity index (χ0n) is 11.9. The Bertz CT molecular complexity index is 879. The normalized spacial score (nSPS) is 16.0. The van der Waals surface area contributed by atoms with Crippen molar-refractivity contribution in [3.8, 4) is 5.75 Å². The van der Waals surface area contributed by atoms with Gasteiger partial charge in [0.15, 0.2) is 0 Å². The topological polar surface area (TPSA) is 69.6 Å². The monoisotopic (exact) mass is 514 g/mol. The molecule has 1 aliphatic rings. The minimum absolute atomic E-state index is 0.0478. The predicted molar refractivity (Wildman–Crippen MR) is 101 cm³/mol. The smallest absolute Gasteiger partial charge is 0.282 e. The van der Waals surface area contributed by atoms with E-state index < -0.39 is 11.8 Å². The maximum atomic E-state index is 12.5. The van der Waals surface area contributed by atoms with Gasteiger partial charge in [-0.25, -0.2) is 5.01 Å². The van der Waals surface area contributed by atoms with Gasteiger partial charge >= 0.3 is 0 Å². The molecule has 0 aliphatic carbocycles. The number of carbonyl (C=O) groups excluding carboxylic acids is 2. The van der Waals surface area contributed by atoms with E-state index in [-0.39, 0.29) is 11.3 Å². The van der Waals surface area contributed by atoms with Crippen LogP contribution < -0.4 is 10.4 Å². The van der Waals surface area contributed by atoms with E-state index in [1.165, 1.54) is 11.1 Å². The number of hydrazine groups is 1. The van der Waals surface area contributed by atoms with Crippen LogP contribution in [-0.4, -0.2) is 16.9 Å². The number of phenolic OH excluding ortho intramolecular Hbond substituents is 1. The average Bonchev–Trinajstić information content (AvgIpc) is 2.81. The first-order chi connectivity index (χ1) is 11.4. The van der Waals surface area contributed by atoms with Crippen LogP contribution in [0.1, 0.15) is 5.56 Å². The Labute approximate surface area is 162 Å². The van der Waals surface area contributed by atoms with Crippen LogP contribution in [0.5, 0.6) is 5.75 Å². The molecule has 8 heteroatoms. The van der Waals surface area contributed by atoms with Crippen molar-refractivity contribution in [1.82, 2.24) is 5.43 Å². The minimum atomic E-state index is -0.529. The van der Waals surface area contributed by atoms with E-state index in [9.17, 15) is 14.7 Å². The number of nitrogens with one attached hydrogen (secondary N) is 1. The molecular formula is C16H9Br3N2O3. The van der Waals surface area contributed by atoms with E-state index in [4.69, 9.17) is 0 Å². The fourth-order valence-electron chi connectivity index (χ4n) is 2.18. The molecule has 122 valence electrons. The summed E-state index contributed by atoms with van der Waals surface area (Å²) in [5.74, 6) is -1.07. The van der Waals surface area contributed by atoms with Gasteiger partial charge in [0.1, 0.15) is 11.3 Å². The van der Waals surface area contributed by atoms with Gasteiger partial charge in [0.2, 0.25) is 0 Å². The zero-order valence-corrected chi connectivity index (χ0v) is 16.6. The van der Waals surface area contributed by atoms with Crippen molar-refractivity contribution in [2.24, 2.45) is 0 Å².